The third-order valence-electron chi connectivity index (χ3n) is 3.71. The molecule has 0 bridgehead atoms. The van der Waals surface area contributed by atoms with Crippen LogP contribution < -0.4 is 0 Å². The van der Waals surface area contributed by atoms with Gasteiger partial charge in [-0.1, -0.05) is 36.8 Å². The largest absolute Gasteiger partial charge is 0.299 e. The Morgan fingerprint density at radius 3 is 2.44 bits per heavy atom. The Kier molecular flexibility index (Phi) is 5.10. The van der Waals surface area contributed by atoms with Gasteiger partial charge in [-0.15, -0.1) is 0 Å². The van der Waals surface area contributed by atoms with Crippen LogP contribution in [0.15, 0.2) is 30.3 Å². The maximum absolute atomic E-state index is 9.04. The van der Waals surface area contributed by atoms with Crippen molar-refractivity contribution in [2.24, 2.45) is 0 Å². The summed E-state index contributed by atoms with van der Waals surface area (Å²) in [7, 11) is 0. The molecule has 0 aromatic heterocycles. The van der Waals surface area contributed by atoms with Crippen molar-refractivity contribution in [3.8, 4) is 5.40 Å². The molecule has 1 aliphatic rings. The lowest BCUT2D eigenvalue weighted by molar-refractivity contribution is 0.171. The Balaban J connectivity index is 2.12. The number of likely N-dealkylation sites (tertiary alicyclic amines) is 1. The van der Waals surface area contributed by atoms with Crippen LogP contribution >= 0.6 is 11.8 Å². The first-order valence-electron chi connectivity index (χ1n) is 6.66. The number of nitrogens with zero attached hydrogens (tertiary/aromatic N) is 2. The Bertz CT molecular complexity index is 393. The Hall–Kier alpha value is -0.980. The topological polar surface area (TPSA) is 27.0 Å². The van der Waals surface area contributed by atoms with Crippen LogP contribution in [0.25, 0.3) is 0 Å². The van der Waals surface area contributed by atoms with Crippen molar-refractivity contribution in [1.29, 1.82) is 5.26 Å². The molecule has 1 heterocycles. The van der Waals surface area contributed by atoms with Crippen LogP contribution in [0.2, 0.25) is 0 Å². The highest BCUT2D eigenvalue weighted by molar-refractivity contribution is 8.04. The first kappa shape index (κ1) is 13.5. The first-order chi connectivity index (χ1) is 8.83. The number of benzene rings is 1. The van der Waals surface area contributed by atoms with Crippen LogP contribution in [-0.2, 0) is 0 Å². The molecule has 1 saturated heterocycles. The van der Waals surface area contributed by atoms with Crippen molar-refractivity contribution in [1.82, 2.24) is 4.90 Å². The molecule has 2 atom stereocenters. The van der Waals surface area contributed by atoms with Gasteiger partial charge in [0.2, 0.25) is 0 Å². The van der Waals surface area contributed by atoms with E-state index >= 15 is 0 Å². The molecule has 0 aliphatic carbocycles. The summed E-state index contributed by atoms with van der Waals surface area (Å²) in [6.07, 6.45) is 3.94. The minimum Gasteiger partial charge on any atom is -0.299 e. The Labute approximate surface area is 114 Å². The fourth-order valence-corrected chi connectivity index (χ4v) is 3.44. The van der Waals surface area contributed by atoms with Crippen molar-refractivity contribution >= 4 is 11.8 Å². The number of rotatable bonds is 4. The van der Waals surface area contributed by atoms with Crippen LogP contribution in [0, 0.1) is 10.7 Å². The van der Waals surface area contributed by atoms with Gasteiger partial charge in [-0.05, 0) is 50.2 Å². The normalized spacial score (nSPS) is 20.0. The van der Waals surface area contributed by atoms with E-state index in [9.17, 15) is 0 Å². The zero-order chi connectivity index (χ0) is 12.8. The maximum atomic E-state index is 9.04. The summed E-state index contributed by atoms with van der Waals surface area (Å²) < 4.78 is 0. The van der Waals surface area contributed by atoms with Gasteiger partial charge in [-0.2, -0.15) is 5.26 Å². The molecule has 2 rings (SSSR count). The number of hydrogen-bond acceptors (Lipinski definition) is 3. The van der Waals surface area contributed by atoms with Crippen molar-refractivity contribution in [2.45, 2.75) is 37.5 Å². The minimum atomic E-state index is 0.259. The number of nitriles is 1. The van der Waals surface area contributed by atoms with E-state index in [0.717, 1.165) is 0 Å². The quantitative estimate of drug-likeness (QED) is 0.770. The number of hydrogen-bond donors (Lipinski definition) is 0. The highest BCUT2D eigenvalue weighted by Gasteiger charge is 2.26. The number of thiocyanates is 1. The van der Waals surface area contributed by atoms with Crippen LogP contribution in [0.1, 0.15) is 37.0 Å². The summed E-state index contributed by atoms with van der Waals surface area (Å²) in [6.45, 7) is 4.61. The fraction of sp³-hybridized carbons (Fsp3) is 0.533. The van der Waals surface area contributed by atoms with E-state index in [-0.39, 0.29) is 5.25 Å². The number of thioether (sulfide) groups is 1. The Morgan fingerprint density at radius 1 is 1.17 bits per heavy atom. The summed E-state index contributed by atoms with van der Waals surface area (Å²) in [4.78, 5) is 2.53. The lowest BCUT2D eigenvalue weighted by Crippen LogP contribution is -2.40. The summed E-state index contributed by atoms with van der Waals surface area (Å²) in [5, 5.41) is 11.6. The second-order valence-corrected chi connectivity index (χ2v) is 5.80. The van der Waals surface area contributed by atoms with Gasteiger partial charge < -0.3 is 0 Å². The van der Waals surface area contributed by atoms with E-state index in [0.29, 0.717) is 6.04 Å². The zero-order valence-corrected chi connectivity index (χ0v) is 11.7. The predicted octanol–water partition coefficient (Wildman–Crippen LogP) is 3.82. The van der Waals surface area contributed by atoms with Crippen molar-refractivity contribution in [3.63, 3.8) is 0 Å². The average Bonchev–Trinajstić information content (AvgIpc) is 2.46. The lowest BCUT2D eigenvalue weighted by atomic mass is 10.0. The molecular weight excluding hydrogens is 240 g/mol. The average molecular weight is 260 g/mol. The summed E-state index contributed by atoms with van der Waals surface area (Å²) >= 11 is 1.40. The molecule has 0 saturated carbocycles. The molecule has 1 aromatic carbocycles. The van der Waals surface area contributed by atoms with Gasteiger partial charge in [0.25, 0.3) is 0 Å². The van der Waals surface area contributed by atoms with Gasteiger partial charge in [0.15, 0.2) is 0 Å². The van der Waals surface area contributed by atoms with E-state index in [1.807, 2.05) is 6.07 Å². The molecule has 2 nitrogen and oxygen atoms in total. The first-order valence-corrected chi connectivity index (χ1v) is 7.54. The van der Waals surface area contributed by atoms with E-state index in [4.69, 9.17) is 5.26 Å². The molecule has 96 valence electrons. The number of piperidine rings is 1. The molecule has 0 N–H and O–H groups in total. The second kappa shape index (κ2) is 6.82. The van der Waals surface area contributed by atoms with Gasteiger partial charge in [0.1, 0.15) is 5.40 Å². The molecule has 0 radical (unpaired) electrons. The second-order valence-electron chi connectivity index (χ2n) is 4.88. The van der Waals surface area contributed by atoms with Crippen molar-refractivity contribution < 1.29 is 0 Å². The monoisotopic (exact) mass is 260 g/mol. The van der Waals surface area contributed by atoms with Gasteiger partial charge in [0.05, 0.1) is 5.25 Å². The molecule has 1 aromatic rings. The lowest BCUT2D eigenvalue weighted by Gasteiger charge is -2.36. The minimum absolute atomic E-state index is 0.259. The summed E-state index contributed by atoms with van der Waals surface area (Å²) in [5.41, 5.74) is 1.27. The highest BCUT2D eigenvalue weighted by atomic mass is 32.2. The molecule has 1 fully saturated rings. The molecule has 3 heteroatoms. The van der Waals surface area contributed by atoms with E-state index in [1.165, 1.54) is 49.7 Å². The van der Waals surface area contributed by atoms with Crippen LogP contribution in [0.4, 0.5) is 0 Å². The van der Waals surface area contributed by atoms with Gasteiger partial charge in [0, 0.05) is 6.04 Å². The van der Waals surface area contributed by atoms with Gasteiger partial charge in [-0.3, -0.25) is 4.90 Å². The van der Waals surface area contributed by atoms with Gasteiger partial charge in [-0.25, -0.2) is 0 Å². The SMILES string of the molecule is C[C@@H]([C@H](SC#N)c1ccccc1)N1CCCCC1. The maximum Gasteiger partial charge on any atom is 0.134 e. The smallest absolute Gasteiger partial charge is 0.134 e. The summed E-state index contributed by atoms with van der Waals surface area (Å²) in [5.74, 6) is 0. The van der Waals surface area contributed by atoms with Crippen LogP contribution in [0.3, 0.4) is 0 Å². The summed E-state index contributed by atoms with van der Waals surface area (Å²) in [6, 6.07) is 10.8. The highest BCUT2D eigenvalue weighted by Crippen LogP contribution is 2.34. The van der Waals surface area contributed by atoms with Crippen LogP contribution in [0.5, 0.6) is 0 Å². The van der Waals surface area contributed by atoms with E-state index < -0.39 is 0 Å². The molecule has 0 unspecified atom stereocenters. The predicted molar refractivity (Wildman–Crippen MR) is 77.3 cm³/mol. The van der Waals surface area contributed by atoms with Crippen LogP contribution in [-0.4, -0.2) is 24.0 Å². The molecular formula is C15H20N2S. The van der Waals surface area contributed by atoms with Crippen molar-refractivity contribution in [2.75, 3.05) is 13.1 Å². The van der Waals surface area contributed by atoms with Crippen molar-refractivity contribution in [3.05, 3.63) is 35.9 Å². The molecule has 0 spiro atoms. The molecule has 1 aliphatic heterocycles. The fourth-order valence-electron chi connectivity index (χ4n) is 2.66. The standard InChI is InChI=1S/C15H20N2S/c1-13(17-10-6-3-7-11-17)15(18-12-16)14-8-4-2-5-9-14/h2,4-5,8-9,13,15H,3,6-7,10-11H2,1H3/t13-,15-/m0/s1. The zero-order valence-electron chi connectivity index (χ0n) is 10.9. The van der Waals surface area contributed by atoms with Gasteiger partial charge >= 0.3 is 0 Å². The Morgan fingerprint density at radius 2 is 1.83 bits per heavy atom. The van der Waals surface area contributed by atoms with E-state index in [2.05, 4.69) is 41.5 Å². The third-order valence-corrected chi connectivity index (χ3v) is 4.74. The third kappa shape index (κ3) is 3.28. The molecule has 18 heavy (non-hydrogen) atoms. The van der Waals surface area contributed by atoms with E-state index in [1.54, 1.807) is 0 Å². The molecule has 0 amide bonds.